The zero-order chi connectivity index (χ0) is 27.8. The molecule has 12 heteroatoms. The van der Waals surface area contributed by atoms with E-state index in [2.05, 4.69) is 29.7 Å². The summed E-state index contributed by atoms with van der Waals surface area (Å²) >= 11 is 0. The molecule has 3 aromatic heterocycles. The van der Waals surface area contributed by atoms with Gasteiger partial charge >= 0.3 is 0 Å². The van der Waals surface area contributed by atoms with Crippen LogP contribution in [-0.2, 0) is 19.6 Å². The van der Waals surface area contributed by atoms with Gasteiger partial charge in [0.2, 0.25) is 0 Å². The zero-order valence-corrected chi connectivity index (χ0v) is 22.0. The molecule has 0 saturated carbocycles. The third kappa shape index (κ3) is 8.11. The lowest BCUT2D eigenvalue weighted by Gasteiger charge is -2.25. The van der Waals surface area contributed by atoms with E-state index in [-0.39, 0.29) is 17.5 Å². The van der Waals surface area contributed by atoms with E-state index in [0.717, 1.165) is 56.4 Å². The summed E-state index contributed by atoms with van der Waals surface area (Å²) in [5, 5.41) is 23.2. The molecular weight excluding hydrogens is 492 g/mol. The highest BCUT2D eigenvalue weighted by molar-refractivity contribution is 5.93. The van der Waals surface area contributed by atoms with Crippen molar-refractivity contribution in [2.24, 2.45) is 17.2 Å². The van der Waals surface area contributed by atoms with Gasteiger partial charge in [-0.05, 0) is 36.4 Å². The van der Waals surface area contributed by atoms with Gasteiger partial charge in [-0.2, -0.15) is 0 Å². The Morgan fingerprint density at radius 3 is 1.00 bits per heavy atom. The summed E-state index contributed by atoms with van der Waals surface area (Å²) in [4.78, 5) is 20.8. The largest absolute Gasteiger partial charge is 0.382 e. The van der Waals surface area contributed by atoms with Gasteiger partial charge < -0.3 is 17.2 Å². The summed E-state index contributed by atoms with van der Waals surface area (Å²) in [6.07, 6.45) is 0. The van der Waals surface area contributed by atoms with Crippen LogP contribution in [0.15, 0.2) is 54.6 Å². The molecule has 0 radical (unpaired) electrons. The van der Waals surface area contributed by atoms with E-state index < -0.39 is 0 Å². The van der Waals surface area contributed by atoms with Gasteiger partial charge in [-0.3, -0.25) is 30.9 Å². The van der Waals surface area contributed by atoms with Gasteiger partial charge in [-0.15, -0.1) is 0 Å². The predicted molar refractivity (Wildman–Crippen MR) is 152 cm³/mol. The lowest BCUT2D eigenvalue weighted by molar-refractivity contribution is 0.207. The molecule has 1 aliphatic heterocycles. The highest BCUT2D eigenvalue weighted by atomic mass is 15.3. The minimum absolute atomic E-state index is 0.0424. The Hall–Kier alpha value is -4.26. The molecule has 9 N–H and O–H groups in total. The molecular formula is C27H36N12. The summed E-state index contributed by atoms with van der Waals surface area (Å²) in [5.41, 5.74) is 21.0. The Morgan fingerprint density at radius 1 is 0.513 bits per heavy atom. The Labute approximate surface area is 228 Å². The standard InChI is InChI=1S/C27H36N12/c28-25(29)22-7-1-4-19(34-22)16-37-10-12-38(17-20-5-2-8-23(35-20)26(30)31)14-15-39(13-11-37)18-21-6-3-9-24(36-21)27(32)33/h1-9H,10-18H2,(H3,28,29)(H3,30,31)(H3,32,33). The van der Waals surface area contributed by atoms with Gasteiger partial charge in [-0.25, -0.2) is 15.0 Å². The van der Waals surface area contributed by atoms with Crippen molar-refractivity contribution in [3.05, 3.63) is 88.8 Å². The molecule has 0 aromatic carbocycles. The van der Waals surface area contributed by atoms with Crippen LogP contribution in [0, 0.1) is 16.2 Å². The molecule has 4 rings (SSSR count). The zero-order valence-electron chi connectivity index (χ0n) is 22.0. The molecule has 12 nitrogen and oxygen atoms in total. The van der Waals surface area contributed by atoms with Crippen LogP contribution in [0.25, 0.3) is 0 Å². The van der Waals surface area contributed by atoms with Crippen molar-refractivity contribution in [1.29, 1.82) is 16.2 Å². The summed E-state index contributed by atoms with van der Waals surface area (Å²) in [6, 6.07) is 16.8. The topological polar surface area (TPSA) is 198 Å². The first-order valence-electron chi connectivity index (χ1n) is 12.8. The minimum atomic E-state index is -0.0424. The molecule has 1 saturated heterocycles. The fourth-order valence-electron chi connectivity index (χ4n) is 4.50. The lowest BCUT2D eigenvalue weighted by Crippen LogP contribution is -2.36. The van der Waals surface area contributed by atoms with E-state index in [1.54, 1.807) is 18.2 Å². The molecule has 0 spiro atoms. The van der Waals surface area contributed by atoms with E-state index in [1.165, 1.54) is 0 Å². The van der Waals surface area contributed by atoms with Crippen LogP contribution in [-0.4, -0.2) is 86.4 Å². The lowest BCUT2D eigenvalue weighted by atomic mass is 10.2. The number of amidine groups is 3. The molecule has 3 aromatic rings. The first-order valence-corrected chi connectivity index (χ1v) is 12.8. The van der Waals surface area contributed by atoms with Gasteiger partial charge in [0.25, 0.3) is 0 Å². The highest BCUT2D eigenvalue weighted by Crippen LogP contribution is 2.11. The molecule has 1 aliphatic rings. The van der Waals surface area contributed by atoms with Gasteiger partial charge in [0.15, 0.2) is 0 Å². The SMILES string of the molecule is N=C(N)c1cccc(CN2CCN(Cc3cccc(C(=N)N)n3)CCN(Cc3cccc(C(=N)N)n3)CC2)n1. The maximum absolute atomic E-state index is 7.73. The van der Waals surface area contributed by atoms with E-state index in [0.29, 0.717) is 36.7 Å². The summed E-state index contributed by atoms with van der Waals surface area (Å²) in [6.45, 7) is 6.86. The number of pyridine rings is 3. The maximum atomic E-state index is 7.73. The third-order valence-corrected chi connectivity index (χ3v) is 6.60. The summed E-state index contributed by atoms with van der Waals surface area (Å²) in [7, 11) is 0. The molecule has 0 amide bonds. The Bertz CT molecular complexity index is 1150. The third-order valence-electron chi connectivity index (χ3n) is 6.60. The second kappa shape index (κ2) is 13.0. The van der Waals surface area contributed by atoms with Crippen molar-refractivity contribution in [2.45, 2.75) is 19.6 Å². The van der Waals surface area contributed by atoms with Gasteiger partial charge in [0.1, 0.15) is 34.6 Å². The predicted octanol–water partition coefficient (Wildman–Crippen LogP) is 0.544. The van der Waals surface area contributed by atoms with Crippen molar-refractivity contribution in [3.63, 3.8) is 0 Å². The fraction of sp³-hybridized carbons (Fsp3) is 0.333. The summed E-state index contributed by atoms with van der Waals surface area (Å²) in [5.74, 6) is -0.127. The second-order valence-corrected chi connectivity index (χ2v) is 9.61. The highest BCUT2D eigenvalue weighted by Gasteiger charge is 2.19. The van der Waals surface area contributed by atoms with Crippen molar-refractivity contribution < 1.29 is 0 Å². The monoisotopic (exact) mass is 528 g/mol. The van der Waals surface area contributed by atoms with Gasteiger partial charge in [0, 0.05) is 58.9 Å². The quantitative estimate of drug-likeness (QED) is 0.169. The summed E-state index contributed by atoms with van der Waals surface area (Å²) < 4.78 is 0. The molecule has 39 heavy (non-hydrogen) atoms. The number of hydrogen-bond donors (Lipinski definition) is 6. The normalized spacial score (nSPS) is 15.7. The molecule has 1 fully saturated rings. The van der Waals surface area contributed by atoms with Crippen LogP contribution in [0.3, 0.4) is 0 Å². The number of rotatable bonds is 9. The average molecular weight is 529 g/mol. The number of nitrogens with two attached hydrogens (primary N) is 3. The van der Waals surface area contributed by atoms with Crippen molar-refractivity contribution in [3.8, 4) is 0 Å². The number of nitrogen functional groups attached to an aromatic ring is 3. The molecule has 0 aliphatic carbocycles. The maximum Gasteiger partial charge on any atom is 0.141 e. The van der Waals surface area contributed by atoms with Gasteiger partial charge in [0.05, 0.1) is 17.1 Å². The van der Waals surface area contributed by atoms with E-state index in [4.69, 9.17) is 33.4 Å². The minimum Gasteiger partial charge on any atom is -0.382 e. The molecule has 0 atom stereocenters. The molecule has 204 valence electrons. The number of hydrogen-bond acceptors (Lipinski definition) is 9. The van der Waals surface area contributed by atoms with E-state index in [1.807, 2.05) is 36.4 Å². The molecule has 0 bridgehead atoms. The van der Waals surface area contributed by atoms with Gasteiger partial charge in [-0.1, -0.05) is 18.2 Å². The van der Waals surface area contributed by atoms with Crippen LogP contribution in [0.5, 0.6) is 0 Å². The van der Waals surface area contributed by atoms with Crippen LogP contribution >= 0.6 is 0 Å². The van der Waals surface area contributed by atoms with Crippen LogP contribution < -0.4 is 17.2 Å². The molecule has 4 heterocycles. The fourth-order valence-corrected chi connectivity index (χ4v) is 4.50. The van der Waals surface area contributed by atoms with E-state index >= 15 is 0 Å². The van der Waals surface area contributed by atoms with Crippen LogP contribution in [0.4, 0.5) is 0 Å². The number of nitrogens with zero attached hydrogens (tertiary/aromatic N) is 6. The Morgan fingerprint density at radius 2 is 0.769 bits per heavy atom. The Kier molecular flexibility index (Phi) is 9.26. The Balaban J connectivity index is 1.52. The van der Waals surface area contributed by atoms with Crippen molar-refractivity contribution >= 4 is 17.5 Å². The smallest absolute Gasteiger partial charge is 0.141 e. The van der Waals surface area contributed by atoms with E-state index in [9.17, 15) is 0 Å². The van der Waals surface area contributed by atoms with Crippen molar-refractivity contribution in [1.82, 2.24) is 29.7 Å². The molecule has 0 unspecified atom stereocenters. The second-order valence-electron chi connectivity index (χ2n) is 9.61. The van der Waals surface area contributed by atoms with Crippen LogP contribution in [0.2, 0.25) is 0 Å². The number of aromatic nitrogens is 3. The van der Waals surface area contributed by atoms with Crippen LogP contribution in [0.1, 0.15) is 34.2 Å². The first kappa shape index (κ1) is 27.8. The number of nitrogens with one attached hydrogen (secondary N) is 3. The average Bonchev–Trinajstić information content (AvgIpc) is 3.01. The van der Waals surface area contributed by atoms with Crippen molar-refractivity contribution in [2.75, 3.05) is 39.3 Å². The first-order chi connectivity index (χ1) is 18.8.